The Bertz CT molecular complexity index is 584. The Morgan fingerprint density at radius 3 is 2.53 bits per heavy atom. The van der Waals surface area contributed by atoms with E-state index in [0.29, 0.717) is 11.3 Å². The van der Waals surface area contributed by atoms with Gasteiger partial charge in [0.05, 0.1) is 6.04 Å². The van der Waals surface area contributed by atoms with Gasteiger partial charge in [0.1, 0.15) is 0 Å². The normalized spacial score (nSPS) is 11.9. The van der Waals surface area contributed by atoms with Crippen molar-refractivity contribution in [2.24, 2.45) is 0 Å². The summed E-state index contributed by atoms with van der Waals surface area (Å²) >= 11 is 3.31. The van der Waals surface area contributed by atoms with Crippen molar-refractivity contribution < 1.29 is 4.79 Å². The van der Waals surface area contributed by atoms with Crippen LogP contribution < -0.4 is 11.1 Å². The summed E-state index contributed by atoms with van der Waals surface area (Å²) in [5, 5.41) is 2.95. The molecule has 1 amide bonds. The Morgan fingerprint density at radius 1 is 1.21 bits per heavy atom. The van der Waals surface area contributed by atoms with Gasteiger partial charge < -0.3 is 11.1 Å². The molecule has 0 saturated carbocycles. The predicted octanol–water partition coefficient (Wildman–Crippen LogP) is 3.52. The molecule has 0 bridgehead atoms. The number of hydrogen-bond donors (Lipinski definition) is 2. The highest BCUT2D eigenvalue weighted by Crippen LogP contribution is 2.20. The maximum Gasteiger partial charge on any atom is 0.251 e. The molecule has 0 aromatic heterocycles. The highest BCUT2D eigenvalue weighted by molar-refractivity contribution is 9.10. The monoisotopic (exact) mass is 318 g/mol. The van der Waals surface area contributed by atoms with E-state index in [1.165, 1.54) is 0 Å². The maximum absolute atomic E-state index is 12.1. The minimum atomic E-state index is -0.129. The lowest BCUT2D eigenvalue weighted by Crippen LogP contribution is -2.26. The molecular formula is C15H15BrN2O. The van der Waals surface area contributed by atoms with Gasteiger partial charge in [0.25, 0.3) is 5.91 Å². The van der Waals surface area contributed by atoms with Crippen LogP contribution in [0.15, 0.2) is 53.0 Å². The molecule has 98 valence electrons. The highest BCUT2D eigenvalue weighted by Gasteiger charge is 2.11. The van der Waals surface area contributed by atoms with Gasteiger partial charge in [0.15, 0.2) is 0 Å². The van der Waals surface area contributed by atoms with E-state index < -0.39 is 0 Å². The minimum absolute atomic E-state index is 0.0430. The molecule has 1 atom stereocenters. The van der Waals surface area contributed by atoms with Crippen LogP contribution in [0.4, 0.5) is 5.69 Å². The van der Waals surface area contributed by atoms with Gasteiger partial charge in [0, 0.05) is 15.7 Å². The third-order valence-corrected chi connectivity index (χ3v) is 3.63. The zero-order valence-electron chi connectivity index (χ0n) is 10.6. The molecule has 0 heterocycles. The number of carbonyl (C=O) groups excluding carboxylic acids is 1. The molecule has 2 aromatic carbocycles. The number of amides is 1. The molecule has 0 saturated heterocycles. The molecule has 3 N–H and O–H groups in total. The zero-order valence-corrected chi connectivity index (χ0v) is 12.1. The summed E-state index contributed by atoms with van der Waals surface area (Å²) in [6.07, 6.45) is 0. The third kappa shape index (κ3) is 3.35. The summed E-state index contributed by atoms with van der Waals surface area (Å²) < 4.78 is 0.792. The minimum Gasteiger partial charge on any atom is -0.398 e. The molecule has 19 heavy (non-hydrogen) atoms. The molecule has 4 heteroatoms. The van der Waals surface area contributed by atoms with E-state index >= 15 is 0 Å². The van der Waals surface area contributed by atoms with Gasteiger partial charge in [-0.05, 0) is 46.6 Å². The van der Waals surface area contributed by atoms with Crippen molar-refractivity contribution in [1.82, 2.24) is 5.32 Å². The average Bonchev–Trinajstić information content (AvgIpc) is 2.42. The van der Waals surface area contributed by atoms with Crippen molar-refractivity contribution in [3.63, 3.8) is 0 Å². The summed E-state index contributed by atoms with van der Waals surface area (Å²) in [4.78, 5) is 12.1. The van der Waals surface area contributed by atoms with Crippen molar-refractivity contribution in [3.8, 4) is 0 Å². The SMILES string of the molecule is C[C@@H](NC(=O)c1ccc(Br)c(N)c1)c1ccccc1. The van der Waals surface area contributed by atoms with E-state index in [4.69, 9.17) is 5.73 Å². The molecule has 3 nitrogen and oxygen atoms in total. The average molecular weight is 319 g/mol. The van der Waals surface area contributed by atoms with Gasteiger partial charge in [-0.1, -0.05) is 30.3 Å². The van der Waals surface area contributed by atoms with Crippen LogP contribution in [0.3, 0.4) is 0 Å². The number of benzene rings is 2. The van der Waals surface area contributed by atoms with Crippen molar-refractivity contribution in [2.75, 3.05) is 5.73 Å². The molecule has 0 aliphatic heterocycles. The Balaban J connectivity index is 2.11. The van der Waals surface area contributed by atoms with Gasteiger partial charge in [-0.2, -0.15) is 0 Å². The van der Waals surface area contributed by atoms with Crippen LogP contribution in [0.2, 0.25) is 0 Å². The summed E-state index contributed by atoms with van der Waals surface area (Å²) in [5.41, 5.74) is 7.96. The van der Waals surface area contributed by atoms with E-state index in [-0.39, 0.29) is 11.9 Å². The van der Waals surface area contributed by atoms with Crippen LogP contribution in [0.1, 0.15) is 28.9 Å². The summed E-state index contributed by atoms with van der Waals surface area (Å²) in [6.45, 7) is 1.95. The van der Waals surface area contributed by atoms with Gasteiger partial charge in [0.2, 0.25) is 0 Å². The number of rotatable bonds is 3. The highest BCUT2D eigenvalue weighted by atomic mass is 79.9. The van der Waals surface area contributed by atoms with Gasteiger partial charge in [-0.3, -0.25) is 4.79 Å². The van der Waals surface area contributed by atoms with Gasteiger partial charge in [-0.15, -0.1) is 0 Å². The van der Waals surface area contributed by atoms with E-state index in [1.807, 2.05) is 37.3 Å². The lowest BCUT2D eigenvalue weighted by atomic mass is 10.1. The van der Waals surface area contributed by atoms with Gasteiger partial charge >= 0.3 is 0 Å². The standard InChI is InChI=1S/C15H15BrN2O/c1-10(11-5-3-2-4-6-11)18-15(19)12-7-8-13(16)14(17)9-12/h2-10H,17H2,1H3,(H,18,19)/t10-/m1/s1. The van der Waals surface area contributed by atoms with Crippen LogP contribution in [0.5, 0.6) is 0 Å². The number of nitrogens with two attached hydrogens (primary N) is 1. The fourth-order valence-corrected chi connectivity index (χ4v) is 2.04. The molecule has 2 aromatic rings. The fourth-order valence-electron chi connectivity index (χ4n) is 1.79. The Labute approximate surface area is 121 Å². The van der Waals surface area contributed by atoms with Crippen LogP contribution in [0, 0.1) is 0 Å². The van der Waals surface area contributed by atoms with Gasteiger partial charge in [-0.25, -0.2) is 0 Å². The van der Waals surface area contributed by atoms with E-state index in [9.17, 15) is 4.79 Å². The topological polar surface area (TPSA) is 55.1 Å². The van der Waals surface area contributed by atoms with Crippen molar-refractivity contribution in [2.45, 2.75) is 13.0 Å². The zero-order chi connectivity index (χ0) is 13.8. The van der Waals surface area contributed by atoms with Crippen molar-refractivity contribution >= 4 is 27.5 Å². The molecule has 0 spiro atoms. The van der Waals surface area contributed by atoms with Crippen LogP contribution >= 0.6 is 15.9 Å². The maximum atomic E-state index is 12.1. The summed E-state index contributed by atoms with van der Waals surface area (Å²) in [7, 11) is 0. The first-order valence-corrected chi connectivity index (χ1v) is 6.78. The van der Waals surface area contributed by atoms with Crippen molar-refractivity contribution in [3.05, 3.63) is 64.1 Å². The fraction of sp³-hybridized carbons (Fsp3) is 0.133. The first kappa shape index (κ1) is 13.6. The first-order chi connectivity index (χ1) is 9.08. The first-order valence-electron chi connectivity index (χ1n) is 5.99. The predicted molar refractivity (Wildman–Crippen MR) is 80.9 cm³/mol. The quantitative estimate of drug-likeness (QED) is 0.851. The molecule has 0 radical (unpaired) electrons. The number of halogens is 1. The third-order valence-electron chi connectivity index (χ3n) is 2.91. The lowest BCUT2D eigenvalue weighted by molar-refractivity contribution is 0.0940. The molecule has 2 rings (SSSR count). The number of nitrogens with one attached hydrogen (secondary N) is 1. The molecule has 0 unspecified atom stereocenters. The van der Waals surface area contributed by atoms with E-state index in [0.717, 1.165) is 10.0 Å². The molecule has 0 aliphatic carbocycles. The second-order valence-corrected chi connectivity index (χ2v) is 5.20. The number of carbonyl (C=O) groups is 1. The van der Waals surface area contributed by atoms with E-state index in [1.54, 1.807) is 18.2 Å². The Morgan fingerprint density at radius 2 is 1.89 bits per heavy atom. The van der Waals surface area contributed by atoms with Crippen LogP contribution in [-0.4, -0.2) is 5.91 Å². The lowest BCUT2D eigenvalue weighted by Gasteiger charge is -2.14. The number of anilines is 1. The van der Waals surface area contributed by atoms with Crippen LogP contribution in [0.25, 0.3) is 0 Å². The largest absolute Gasteiger partial charge is 0.398 e. The smallest absolute Gasteiger partial charge is 0.251 e. The molecule has 0 fully saturated rings. The number of nitrogen functional groups attached to an aromatic ring is 1. The molecule has 0 aliphatic rings. The summed E-state index contributed by atoms with van der Waals surface area (Å²) in [5.74, 6) is -0.129. The van der Waals surface area contributed by atoms with Crippen molar-refractivity contribution in [1.29, 1.82) is 0 Å². The second-order valence-electron chi connectivity index (χ2n) is 4.34. The Hall–Kier alpha value is -1.81. The number of hydrogen-bond acceptors (Lipinski definition) is 2. The van der Waals surface area contributed by atoms with Crippen LogP contribution in [-0.2, 0) is 0 Å². The summed E-state index contributed by atoms with van der Waals surface area (Å²) in [6, 6.07) is 15.0. The Kier molecular flexibility index (Phi) is 4.22. The second kappa shape index (κ2) is 5.89. The molecular weight excluding hydrogens is 304 g/mol. The van der Waals surface area contributed by atoms with E-state index in [2.05, 4.69) is 21.2 Å².